The van der Waals surface area contributed by atoms with Gasteiger partial charge in [0, 0.05) is 33.5 Å². The van der Waals surface area contributed by atoms with Crippen molar-refractivity contribution >= 4 is 53.8 Å². The molecular weight excluding hydrogens is 540 g/mol. The number of benzene rings is 3. The Bertz CT molecular complexity index is 1420. The maximum absolute atomic E-state index is 13.6. The molecule has 0 radical (unpaired) electrons. The van der Waals surface area contributed by atoms with Crippen LogP contribution in [-0.2, 0) is 14.5 Å². The van der Waals surface area contributed by atoms with Gasteiger partial charge in [-0.1, -0.05) is 11.6 Å². The molecule has 0 saturated heterocycles. The number of hydrogen-bond acceptors (Lipinski definition) is 7. The summed E-state index contributed by atoms with van der Waals surface area (Å²) < 4.78 is 23.7. The first-order valence-corrected chi connectivity index (χ1v) is 13.0. The zero-order valence-electron chi connectivity index (χ0n) is 22.1. The van der Waals surface area contributed by atoms with Crippen molar-refractivity contribution in [2.45, 2.75) is 32.1 Å². The number of thiol groups is 1. The monoisotopic (exact) mass is 569 g/mol. The number of carbonyl (C=O) groups is 2. The second-order valence-electron chi connectivity index (χ2n) is 9.40. The summed E-state index contributed by atoms with van der Waals surface area (Å²) in [4.78, 5) is 25.8. The number of methoxy groups -OCH3 is 2. The van der Waals surface area contributed by atoms with Crippen LogP contribution >= 0.6 is 24.5 Å². The minimum atomic E-state index is -0.604. The predicted octanol–water partition coefficient (Wildman–Crippen LogP) is 6.17. The molecule has 1 aliphatic rings. The van der Waals surface area contributed by atoms with E-state index >= 15 is 0 Å². The number of unbranched alkanes of at least 4 members (excludes halogenated alkanes) is 1. The van der Waals surface area contributed by atoms with Crippen molar-refractivity contribution in [3.8, 4) is 17.2 Å². The van der Waals surface area contributed by atoms with Crippen molar-refractivity contribution in [3.05, 3.63) is 76.3 Å². The minimum absolute atomic E-state index is 0.0276. The van der Waals surface area contributed by atoms with Gasteiger partial charge in [0.1, 0.15) is 24.2 Å². The maximum Gasteiger partial charge on any atom is 0.273 e. The number of rotatable bonds is 11. The van der Waals surface area contributed by atoms with Crippen LogP contribution in [0.2, 0.25) is 5.02 Å². The molecule has 0 unspecified atom stereocenters. The average molecular weight is 570 g/mol. The van der Waals surface area contributed by atoms with Crippen LogP contribution in [-0.4, -0.2) is 43.5 Å². The first-order valence-electron chi connectivity index (χ1n) is 12.3. The number of anilines is 1. The number of nitrogens with zero attached hydrogens (tertiary/aromatic N) is 1. The number of ether oxygens (including phenoxy) is 3. The van der Waals surface area contributed by atoms with Crippen molar-refractivity contribution < 1.29 is 32.8 Å². The van der Waals surface area contributed by atoms with Crippen LogP contribution in [0.4, 0.5) is 11.4 Å². The highest BCUT2D eigenvalue weighted by Crippen LogP contribution is 2.40. The van der Waals surface area contributed by atoms with E-state index in [0.717, 1.165) is 11.3 Å². The van der Waals surface area contributed by atoms with Gasteiger partial charge in [-0.15, -0.1) is 0 Å². The van der Waals surface area contributed by atoms with Gasteiger partial charge in [-0.05, 0) is 74.4 Å². The molecule has 0 bridgehead atoms. The fraction of sp³-hybridized carbons (Fsp3) is 0.276. The molecule has 204 valence electrons. The quantitative estimate of drug-likeness (QED) is 0.0546. The number of nitrogens with one attached hydrogen (secondary N) is 1. The summed E-state index contributed by atoms with van der Waals surface area (Å²) in [5.74, 6) is 1.05. The smallest absolute Gasteiger partial charge is 0.273 e. The Labute approximate surface area is 238 Å². The van der Waals surface area contributed by atoms with Crippen molar-refractivity contribution in [2.24, 2.45) is 0 Å². The van der Waals surface area contributed by atoms with Gasteiger partial charge in [0.05, 0.1) is 26.2 Å². The molecule has 1 aliphatic heterocycles. The third kappa shape index (κ3) is 5.84. The second-order valence-corrected chi connectivity index (χ2v) is 10.00. The Balaban J connectivity index is 1.52. The largest absolute Gasteiger partial charge is 0.494 e. The van der Waals surface area contributed by atoms with Gasteiger partial charge >= 0.3 is 0 Å². The van der Waals surface area contributed by atoms with Gasteiger partial charge in [-0.3, -0.25) is 9.59 Å². The average Bonchev–Trinajstić information content (AvgIpc) is 3.17. The van der Waals surface area contributed by atoms with Crippen molar-refractivity contribution in [3.63, 3.8) is 0 Å². The lowest BCUT2D eigenvalue weighted by atomic mass is 9.86. The van der Waals surface area contributed by atoms with E-state index in [1.165, 1.54) is 19.0 Å². The SMILES string of the molecule is COc1ccc([N+](=CCCCOc2ccc3c(c2)C(C)(C)C(=O)N3)OS)c(C(=O)c2ccc(Cl)cc2)c1OC. The van der Waals surface area contributed by atoms with Crippen molar-refractivity contribution in [1.82, 2.24) is 0 Å². The molecule has 1 amide bonds. The number of carbonyl (C=O) groups excluding carboxylic acids is 2. The summed E-state index contributed by atoms with van der Waals surface area (Å²) in [6, 6.07) is 15.6. The van der Waals surface area contributed by atoms with E-state index in [4.69, 9.17) is 30.1 Å². The van der Waals surface area contributed by atoms with Crippen molar-refractivity contribution in [2.75, 3.05) is 26.1 Å². The summed E-state index contributed by atoms with van der Waals surface area (Å²) in [5.41, 5.74) is 2.23. The van der Waals surface area contributed by atoms with E-state index in [-0.39, 0.29) is 23.0 Å². The molecular formula is C29H30ClN2O6S+. The van der Waals surface area contributed by atoms with E-state index in [1.807, 2.05) is 32.0 Å². The first kappa shape index (κ1) is 28.3. The molecule has 0 aliphatic carbocycles. The van der Waals surface area contributed by atoms with Crippen LogP contribution in [0, 0.1) is 0 Å². The number of hydrogen-bond donors (Lipinski definition) is 2. The molecule has 1 N–H and O–H groups in total. The Morgan fingerprint density at radius 1 is 1.08 bits per heavy atom. The zero-order chi connectivity index (χ0) is 28.2. The van der Waals surface area contributed by atoms with Crippen LogP contribution in [0.15, 0.2) is 54.6 Å². The van der Waals surface area contributed by atoms with Gasteiger partial charge in [-0.2, -0.15) is 4.28 Å². The Hall–Kier alpha value is -3.69. The second kappa shape index (κ2) is 12.0. The van der Waals surface area contributed by atoms with E-state index in [9.17, 15) is 9.59 Å². The highest BCUT2D eigenvalue weighted by atomic mass is 35.5. The number of amides is 1. The van der Waals surface area contributed by atoms with Crippen molar-refractivity contribution in [1.29, 1.82) is 0 Å². The van der Waals surface area contributed by atoms with E-state index in [1.54, 1.807) is 42.6 Å². The number of fused-ring (bicyclic) bond motifs is 1. The summed E-state index contributed by atoms with van der Waals surface area (Å²) in [7, 11) is 2.97. The highest BCUT2D eigenvalue weighted by molar-refractivity contribution is 7.74. The number of halogens is 1. The fourth-order valence-corrected chi connectivity index (χ4v) is 4.64. The molecule has 0 aromatic heterocycles. The lowest BCUT2D eigenvalue weighted by Crippen LogP contribution is -2.26. The lowest BCUT2D eigenvalue weighted by Gasteiger charge is -2.16. The van der Waals surface area contributed by atoms with Gasteiger partial charge in [-0.25, -0.2) is 0 Å². The zero-order valence-corrected chi connectivity index (χ0v) is 23.8. The lowest BCUT2D eigenvalue weighted by molar-refractivity contribution is -0.672. The molecule has 8 nitrogen and oxygen atoms in total. The molecule has 4 rings (SSSR count). The summed E-state index contributed by atoms with van der Waals surface area (Å²) in [6.45, 7) is 4.21. The molecule has 0 spiro atoms. The summed E-state index contributed by atoms with van der Waals surface area (Å²) in [5, 5.41) is 3.42. The molecule has 3 aromatic carbocycles. The number of ketones is 1. The Kier molecular flexibility index (Phi) is 8.72. The summed E-state index contributed by atoms with van der Waals surface area (Å²) >= 11 is 10.0. The molecule has 0 atom stereocenters. The van der Waals surface area contributed by atoms with Crippen LogP contribution in [0.3, 0.4) is 0 Å². The topological polar surface area (TPSA) is 86.1 Å². The van der Waals surface area contributed by atoms with Gasteiger partial charge in [0.15, 0.2) is 11.5 Å². The maximum atomic E-state index is 13.6. The Morgan fingerprint density at radius 2 is 1.82 bits per heavy atom. The molecule has 1 heterocycles. The van der Waals surface area contributed by atoms with Gasteiger partial charge < -0.3 is 19.5 Å². The molecule has 0 fully saturated rings. The highest BCUT2D eigenvalue weighted by Gasteiger charge is 2.38. The fourth-order valence-electron chi connectivity index (χ4n) is 4.36. The predicted molar refractivity (Wildman–Crippen MR) is 153 cm³/mol. The first-order chi connectivity index (χ1) is 18.7. The van der Waals surface area contributed by atoms with E-state index in [0.29, 0.717) is 47.2 Å². The standard InChI is InChI=1S/C29H29ClN2O6S/c1-29(2)21-17-20(11-12-22(21)31-28(29)34)37-16-6-5-15-32(38-39)23-13-14-24(35-3)27(36-4)25(23)26(33)18-7-9-19(30)10-8-18/h7-15,17H,5-6,16H2,1-4H3,(H-,31,34,39)/p+1. The van der Waals surface area contributed by atoms with Crippen LogP contribution < -0.4 is 19.5 Å². The van der Waals surface area contributed by atoms with E-state index in [2.05, 4.69) is 18.2 Å². The molecule has 10 heteroatoms. The molecule has 3 aromatic rings. The Morgan fingerprint density at radius 3 is 2.49 bits per heavy atom. The van der Waals surface area contributed by atoms with Gasteiger partial charge in [0.25, 0.3) is 5.69 Å². The van der Waals surface area contributed by atoms with E-state index < -0.39 is 5.41 Å². The molecule has 39 heavy (non-hydrogen) atoms. The summed E-state index contributed by atoms with van der Waals surface area (Å²) in [6.07, 6.45) is 2.98. The third-order valence-corrected chi connectivity index (χ3v) is 7.00. The van der Waals surface area contributed by atoms with Gasteiger partial charge in [0.2, 0.25) is 17.9 Å². The third-order valence-electron chi connectivity index (χ3n) is 6.57. The molecule has 0 saturated carbocycles. The van der Waals surface area contributed by atoms with Crippen LogP contribution in [0.1, 0.15) is 48.2 Å². The van der Waals surface area contributed by atoms with Crippen LogP contribution in [0.25, 0.3) is 0 Å². The van der Waals surface area contributed by atoms with Crippen LogP contribution in [0.5, 0.6) is 17.2 Å². The minimum Gasteiger partial charge on any atom is -0.494 e. The normalized spacial score (nSPS) is 13.9.